The monoisotopic (exact) mass is 367 g/mol. The van der Waals surface area contributed by atoms with Gasteiger partial charge in [0.2, 0.25) is 0 Å². The Morgan fingerprint density at radius 3 is 2.46 bits per heavy atom. The molecule has 1 heterocycles. The van der Waals surface area contributed by atoms with Crippen molar-refractivity contribution in [3.8, 4) is 11.5 Å². The zero-order valence-electron chi connectivity index (χ0n) is 13.9. The number of carboxylic acid groups (broad SMARTS) is 1. The number of hydrogen-bond donors (Lipinski definition) is 2. The summed E-state index contributed by atoms with van der Waals surface area (Å²) < 4.78 is 6.03. The van der Waals surface area contributed by atoms with Gasteiger partial charge in [-0.3, -0.25) is 0 Å². The van der Waals surface area contributed by atoms with Gasteiger partial charge in [0.25, 0.3) is 0 Å². The number of aromatic carboxylic acids is 1. The molecular formula is C19H15BClNO4. The molecule has 0 saturated carbocycles. The Morgan fingerprint density at radius 2 is 1.81 bits per heavy atom. The smallest absolute Gasteiger partial charge is 0.426 e. The van der Waals surface area contributed by atoms with Gasteiger partial charge in [-0.1, -0.05) is 35.9 Å². The van der Waals surface area contributed by atoms with E-state index in [1.54, 1.807) is 42.5 Å². The third-order valence-electron chi connectivity index (χ3n) is 3.91. The van der Waals surface area contributed by atoms with Gasteiger partial charge in [-0.25, -0.2) is 9.78 Å². The van der Waals surface area contributed by atoms with Crippen LogP contribution in [-0.2, 0) is 0 Å². The summed E-state index contributed by atoms with van der Waals surface area (Å²) in [6, 6.07) is 15.2. The summed E-state index contributed by atoms with van der Waals surface area (Å²) in [5.74, 6) is -0.899. The van der Waals surface area contributed by atoms with E-state index in [4.69, 9.17) is 16.3 Å². The number of halogens is 1. The maximum absolute atomic E-state index is 11.4. The molecule has 0 fully saturated rings. The molecule has 7 heteroatoms. The third kappa shape index (κ3) is 3.81. The summed E-state index contributed by atoms with van der Waals surface area (Å²) in [7, 11) is 0. The van der Waals surface area contributed by atoms with Gasteiger partial charge >= 0.3 is 12.9 Å². The second-order valence-electron chi connectivity index (χ2n) is 5.75. The minimum atomic E-state index is -1.17. The Labute approximate surface area is 156 Å². The van der Waals surface area contributed by atoms with E-state index in [9.17, 15) is 15.0 Å². The molecule has 2 N–H and O–H groups in total. The largest absolute Gasteiger partial charge is 0.550 e. The van der Waals surface area contributed by atoms with Crippen molar-refractivity contribution in [1.29, 1.82) is 0 Å². The highest BCUT2D eigenvalue weighted by Crippen LogP contribution is 2.18. The number of carboxylic acids is 1. The van der Waals surface area contributed by atoms with Crippen LogP contribution in [0.2, 0.25) is 5.02 Å². The second-order valence-corrected chi connectivity index (χ2v) is 6.16. The number of pyridine rings is 1. The van der Waals surface area contributed by atoms with E-state index >= 15 is 0 Å². The molecule has 0 atom stereocenters. The number of aryl methyl sites for hydroxylation is 1. The van der Waals surface area contributed by atoms with E-state index in [1.807, 2.05) is 19.1 Å². The van der Waals surface area contributed by atoms with E-state index in [0.717, 1.165) is 16.5 Å². The molecule has 130 valence electrons. The van der Waals surface area contributed by atoms with Crippen LogP contribution in [0.5, 0.6) is 11.5 Å². The highest BCUT2D eigenvalue weighted by Gasteiger charge is 2.26. The Bertz CT molecular complexity index is 947. The number of benzene rings is 2. The first-order valence-corrected chi connectivity index (χ1v) is 8.23. The van der Waals surface area contributed by atoms with E-state index < -0.39 is 12.9 Å². The second kappa shape index (κ2) is 7.50. The SMILES string of the molecule is Cc1ccc(B(Oc2cccnc2C(=O)O)c2ccc(O)cc2)cc1Cl. The molecule has 0 bridgehead atoms. The molecule has 0 saturated heterocycles. The Hall–Kier alpha value is -2.99. The number of hydrogen-bond acceptors (Lipinski definition) is 4. The van der Waals surface area contributed by atoms with Gasteiger partial charge in [0.05, 0.1) is 0 Å². The number of rotatable bonds is 5. The molecule has 5 nitrogen and oxygen atoms in total. The van der Waals surface area contributed by atoms with Gasteiger partial charge in [0.1, 0.15) is 11.5 Å². The fourth-order valence-electron chi connectivity index (χ4n) is 2.52. The molecule has 2 aromatic carbocycles. The van der Waals surface area contributed by atoms with Crippen LogP contribution in [0.25, 0.3) is 0 Å². The van der Waals surface area contributed by atoms with Crippen molar-refractivity contribution >= 4 is 35.4 Å². The van der Waals surface area contributed by atoms with Gasteiger partial charge in [0.15, 0.2) is 5.69 Å². The fourth-order valence-corrected chi connectivity index (χ4v) is 2.71. The molecule has 0 radical (unpaired) electrons. The molecule has 0 amide bonds. The Morgan fingerprint density at radius 1 is 1.12 bits per heavy atom. The molecule has 26 heavy (non-hydrogen) atoms. The Kier molecular flexibility index (Phi) is 5.14. The highest BCUT2D eigenvalue weighted by molar-refractivity contribution is 6.80. The molecule has 0 aliphatic carbocycles. The minimum Gasteiger partial charge on any atom is -0.550 e. The van der Waals surface area contributed by atoms with E-state index in [-0.39, 0.29) is 17.2 Å². The van der Waals surface area contributed by atoms with Crippen LogP contribution in [0.3, 0.4) is 0 Å². The number of carbonyl (C=O) groups is 1. The maximum atomic E-state index is 11.4. The van der Waals surface area contributed by atoms with Crippen LogP contribution >= 0.6 is 11.6 Å². The standard InChI is InChI=1S/C19H15BClNO4/c1-12-4-5-14(11-16(12)21)20(13-6-8-15(23)9-7-13)26-17-3-2-10-22-18(17)19(24)25/h2-11,23H,1H3,(H,24,25). The lowest BCUT2D eigenvalue weighted by Gasteiger charge is -2.18. The van der Waals surface area contributed by atoms with Crippen molar-refractivity contribution in [3.63, 3.8) is 0 Å². The average Bonchev–Trinajstić information content (AvgIpc) is 2.63. The van der Waals surface area contributed by atoms with Crippen molar-refractivity contribution in [2.45, 2.75) is 6.92 Å². The summed E-state index contributed by atoms with van der Waals surface area (Å²) in [5, 5.41) is 19.5. The summed E-state index contributed by atoms with van der Waals surface area (Å²) >= 11 is 6.25. The lowest BCUT2D eigenvalue weighted by atomic mass is 9.55. The molecule has 3 aromatic rings. The molecule has 0 unspecified atom stereocenters. The zero-order valence-corrected chi connectivity index (χ0v) is 14.6. The summed E-state index contributed by atoms with van der Waals surface area (Å²) in [6.45, 7) is 1.28. The van der Waals surface area contributed by atoms with Crippen LogP contribution in [0, 0.1) is 6.92 Å². The van der Waals surface area contributed by atoms with Crippen molar-refractivity contribution in [2.24, 2.45) is 0 Å². The molecule has 3 rings (SSSR count). The Balaban J connectivity index is 2.07. The van der Waals surface area contributed by atoms with Crippen molar-refractivity contribution in [1.82, 2.24) is 4.98 Å². The first kappa shape index (κ1) is 17.8. The molecular weight excluding hydrogens is 352 g/mol. The van der Waals surface area contributed by atoms with Crippen molar-refractivity contribution < 1.29 is 19.7 Å². The predicted octanol–water partition coefficient (Wildman–Crippen LogP) is 2.63. The molecule has 0 aliphatic rings. The topological polar surface area (TPSA) is 79.7 Å². The van der Waals surface area contributed by atoms with E-state index in [2.05, 4.69) is 4.98 Å². The zero-order chi connectivity index (χ0) is 18.7. The van der Waals surface area contributed by atoms with Crippen molar-refractivity contribution in [2.75, 3.05) is 0 Å². The first-order chi connectivity index (χ1) is 12.5. The highest BCUT2D eigenvalue weighted by atomic mass is 35.5. The van der Waals surface area contributed by atoms with Crippen LogP contribution in [0.15, 0.2) is 60.8 Å². The van der Waals surface area contributed by atoms with Gasteiger partial charge in [-0.15, -0.1) is 0 Å². The number of aromatic nitrogens is 1. The number of phenolic OH excluding ortho intramolecular Hbond substituents is 1. The lowest BCUT2D eigenvalue weighted by Crippen LogP contribution is -2.47. The summed E-state index contributed by atoms with van der Waals surface area (Å²) in [5.41, 5.74) is 2.25. The van der Waals surface area contributed by atoms with Gasteiger partial charge < -0.3 is 14.9 Å². The van der Waals surface area contributed by atoms with E-state index in [1.165, 1.54) is 6.20 Å². The van der Waals surface area contributed by atoms with Gasteiger partial charge in [-0.05, 0) is 53.7 Å². The van der Waals surface area contributed by atoms with E-state index in [0.29, 0.717) is 5.02 Å². The predicted molar refractivity (Wildman–Crippen MR) is 101 cm³/mol. The normalized spacial score (nSPS) is 10.4. The first-order valence-electron chi connectivity index (χ1n) is 7.85. The van der Waals surface area contributed by atoms with Crippen molar-refractivity contribution in [3.05, 3.63) is 77.1 Å². The molecule has 0 spiro atoms. The molecule has 1 aromatic heterocycles. The number of nitrogens with zero attached hydrogens (tertiary/aromatic N) is 1. The van der Waals surface area contributed by atoms with Gasteiger partial charge in [0, 0.05) is 11.2 Å². The van der Waals surface area contributed by atoms with Crippen LogP contribution < -0.4 is 15.6 Å². The minimum absolute atomic E-state index is 0.127. The van der Waals surface area contributed by atoms with Crippen LogP contribution in [0.4, 0.5) is 0 Å². The fraction of sp³-hybridized carbons (Fsp3) is 0.0526. The average molecular weight is 368 g/mol. The quantitative estimate of drug-likeness (QED) is 0.678. The third-order valence-corrected chi connectivity index (χ3v) is 4.32. The molecule has 0 aliphatic heterocycles. The lowest BCUT2D eigenvalue weighted by molar-refractivity contribution is 0.0688. The number of phenols is 1. The van der Waals surface area contributed by atoms with Gasteiger partial charge in [-0.2, -0.15) is 0 Å². The maximum Gasteiger partial charge on any atom is 0.426 e. The summed E-state index contributed by atoms with van der Waals surface area (Å²) in [6.07, 6.45) is 1.40. The van der Waals surface area contributed by atoms with Crippen LogP contribution in [0.1, 0.15) is 16.1 Å². The number of aromatic hydroxyl groups is 1. The summed E-state index contributed by atoms with van der Waals surface area (Å²) in [4.78, 5) is 15.3. The van der Waals surface area contributed by atoms with Crippen LogP contribution in [-0.4, -0.2) is 28.1 Å².